The minimum atomic E-state index is -0.582. The van der Waals surface area contributed by atoms with Crippen LogP contribution < -0.4 is 4.74 Å². The Bertz CT molecular complexity index is 1500. The quantitative estimate of drug-likeness (QED) is 0.289. The van der Waals surface area contributed by atoms with E-state index in [1.54, 1.807) is 0 Å². The first-order valence-corrected chi connectivity index (χ1v) is 13.0. The van der Waals surface area contributed by atoms with Crippen molar-refractivity contribution in [1.82, 2.24) is 15.1 Å². The molecule has 1 fully saturated rings. The average Bonchev–Trinajstić information content (AvgIpc) is 3.59. The molecule has 1 aliphatic rings. The molecule has 1 saturated heterocycles. The number of fused-ring (bicyclic) bond motifs is 2. The number of benzene rings is 3. The zero-order valence-electron chi connectivity index (χ0n) is 21.0. The minimum Gasteiger partial charge on any atom is -0.490 e. The SMILES string of the molecule is CCc1nnc(-c2cc3c(OCC(O)CN4CCC(c5ccc6ccccc6c5)CC4)cccc3o2)o1. The first kappa shape index (κ1) is 23.7. The van der Waals surface area contributed by atoms with Crippen molar-refractivity contribution in [3.63, 3.8) is 0 Å². The molecule has 1 atom stereocenters. The number of aromatic nitrogens is 2. The fourth-order valence-electron chi connectivity index (χ4n) is 5.21. The maximum Gasteiger partial charge on any atom is 0.283 e. The molecule has 1 aliphatic heterocycles. The van der Waals surface area contributed by atoms with Crippen LogP contribution in [0, 0.1) is 0 Å². The van der Waals surface area contributed by atoms with Crippen LogP contribution in [0.3, 0.4) is 0 Å². The lowest BCUT2D eigenvalue weighted by molar-refractivity contribution is 0.0599. The summed E-state index contributed by atoms with van der Waals surface area (Å²) in [5, 5.41) is 22.2. The zero-order chi connectivity index (χ0) is 25.2. The summed E-state index contributed by atoms with van der Waals surface area (Å²) in [5.41, 5.74) is 2.09. The summed E-state index contributed by atoms with van der Waals surface area (Å²) < 4.78 is 17.6. The number of β-amino-alcohol motifs (C(OH)–C–C–N with tert-alkyl or cyclic N) is 1. The fourth-order valence-corrected chi connectivity index (χ4v) is 5.21. The maximum atomic E-state index is 10.7. The van der Waals surface area contributed by atoms with E-state index in [1.807, 2.05) is 31.2 Å². The van der Waals surface area contributed by atoms with Gasteiger partial charge in [0.2, 0.25) is 5.89 Å². The van der Waals surface area contributed by atoms with E-state index in [-0.39, 0.29) is 6.61 Å². The van der Waals surface area contributed by atoms with Crippen molar-refractivity contribution in [3.05, 3.63) is 78.2 Å². The second kappa shape index (κ2) is 10.4. The molecule has 2 aromatic heterocycles. The Morgan fingerprint density at radius 2 is 1.81 bits per heavy atom. The zero-order valence-corrected chi connectivity index (χ0v) is 21.0. The molecular weight excluding hydrogens is 466 g/mol. The molecule has 7 nitrogen and oxygen atoms in total. The van der Waals surface area contributed by atoms with Gasteiger partial charge in [0.1, 0.15) is 24.0 Å². The number of hydrogen-bond acceptors (Lipinski definition) is 7. The van der Waals surface area contributed by atoms with Crippen LogP contribution in [0.1, 0.15) is 37.1 Å². The van der Waals surface area contributed by atoms with Gasteiger partial charge < -0.3 is 23.6 Å². The monoisotopic (exact) mass is 497 g/mol. The standard InChI is InChI=1S/C30H31N3O4/c1-2-29-31-32-30(37-29)28-17-25-26(8-5-9-27(25)36-28)35-19-24(34)18-33-14-12-21(13-15-33)23-11-10-20-6-3-4-7-22(20)16-23/h3-11,16-17,21,24,34H,2,12-15,18-19H2,1H3. The lowest BCUT2D eigenvalue weighted by atomic mass is 9.88. The van der Waals surface area contributed by atoms with Crippen LogP contribution in [0.2, 0.25) is 0 Å². The second-order valence-corrected chi connectivity index (χ2v) is 9.78. The molecular formula is C30H31N3O4. The predicted molar refractivity (Wildman–Crippen MR) is 143 cm³/mol. The van der Waals surface area contributed by atoms with Gasteiger partial charge in [0, 0.05) is 19.0 Å². The lowest BCUT2D eigenvalue weighted by Gasteiger charge is -2.33. The Labute approximate surface area is 215 Å². The third-order valence-corrected chi connectivity index (χ3v) is 7.23. The minimum absolute atomic E-state index is 0.213. The van der Waals surface area contributed by atoms with Gasteiger partial charge in [-0.05, 0) is 60.3 Å². The van der Waals surface area contributed by atoms with E-state index in [1.165, 1.54) is 16.3 Å². The van der Waals surface area contributed by atoms with Gasteiger partial charge in [0.05, 0.1) is 5.39 Å². The molecule has 0 radical (unpaired) electrons. The Morgan fingerprint density at radius 1 is 0.973 bits per heavy atom. The topological polar surface area (TPSA) is 84.8 Å². The van der Waals surface area contributed by atoms with Crippen LogP contribution in [-0.4, -0.2) is 52.5 Å². The Kier molecular flexibility index (Phi) is 6.64. The van der Waals surface area contributed by atoms with Crippen molar-refractivity contribution >= 4 is 21.7 Å². The molecule has 7 heteroatoms. The van der Waals surface area contributed by atoms with Crippen LogP contribution in [0.5, 0.6) is 5.75 Å². The van der Waals surface area contributed by atoms with Gasteiger partial charge in [-0.2, -0.15) is 0 Å². The second-order valence-electron chi connectivity index (χ2n) is 9.78. The molecule has 1 N–H and O–H groups in total. The number of likely N-dealkylation sites (tertiary alicyclic amines) is 1. The summed E-state index contributed by atoms with van der Waals surface area (Å²) in [6.45, 7) is 4.71. The number of rotatable bonds is 8. The van der Waals surface area contributed by atoms with Crippen LogP contribution in [0.25, 0.3) is 33.4 Å². The number of furan rings is 1. The van der Waals surface area contributed by atoms with Gasteiger partial charge >= 0.3 is 0 Å². The maximum absolute atomic E-state index is 10.7. The van der Waals surface area contributed by atoms with E-state index < -0.39 is 6.10 Å². The first-order valence-electron chi connectivity index (χ1n) is 13.0. The van der Waals surface area contributed by atoms with Crippen molar-refractivity contribution in [2.75, 3.05) is 26.2 Å². The van der Waals surface area contributed by atoms with Crippen molar-refractivity contribution in [3.8, 4) is 17.4 Å². The van der Waals surface area contributed by atoms with Gasteiger partial charge in [-0.15, -0.1) is 10.2 Å². The van der Waals surface area contributed by atoms with Gasteiger partial charge in [0.25, 0.3) is 5.89 Å². The summed E-state index contributed by atoms with van der Waals surface area (Å²) in [7, 11) is 0. The molecule has 0 aliphatic carbocycles. The average molecular weight is 498 g/mol. The van der Waals surface area contributed by atoms with Crippen molar-refractivity contribution in [2.24, 2.45) is 0 Å². The molecule has 3 heterocycles. The summed E-state index contributed by atoms with van der Waals surface area (Å²) in [6, 6.07) is 22.8. The molecule has 0 bridgehead atoms. The number of aliphatic hydroxyl groups is 1. The number of nitrogens with zero attached hydrogens (tertiary/aromatic N) is 3. The van der Waals surface area contributed by atoms with Gasteiger partial charge in [-0.25, -0.2) is 0 Å². The number of piperidine rings is 1. The predicted octanol–water partition coefficient (Wildman–Crippen LogP) is 5.82. The molecule has 190 valence electrons. The van der Waals surface area contributed by atoms with E-state index in [4.69, 9.17) is 13.6 Å². The molecule has 0 amide bonds. The smallest absolute Gasteiger partial charge is 0.283 e. The third-order valence-electron chi connectivity index (χ3n) is 7.23. The van der Waals surface area contributed by atoms with Crippen LogP contribution in [0.4, 0.5) is 0 Å². The highest BCUT2D eigenvalue weighted by molar-refractivity contribution is 5.87. The van der Waals surface area contributed by atoms with E-state index in [2.05, 4.69) is 57.6 Å². The summed E-state index contributed by atoms with van der Waals surface area (Å²) in [5.74, 6) is 2.65. The highest BCUT2D eigenvalue weighted by atomic mass is 16.5. The van der Waals surface area contributed by atoms with E-state index in [9.17, 15) is 5.11 Å². The molecule has 0 saturated carbocycles. The highest BCUT2D eigenvalue weighted by Gasteiger charge is 2.23. The van der Waals surface area contributed by atoms with E-state index in [0.717, 1.165) is 31.3 Å². The van der Waals surface area contributed by atoms with Crippen LogP contribution in [-0.2, 0) is 6.42 Å². The fraction of sp³-hybridized carbons (Fsp3) is 0.333. The summed E-state index contributed by atoms with van der Waals surface area (Å²) in [6.07, 6.45) is 2.28. The molecule has 6 rings (SSSR count). The van der Waals surface area contributed by atoms with Gasteiger partial charge in [-0.1, -0.05) is 55.5 Å². The molecule has 5 aromatic rings. The molecule has 0 spiro atoms. The number of aliphatic hydroxyl groups excluding tert-OH is 1. The van der Waals surface area contributed by atoms with Crippen molar-refractivity contribution < 1.29 is 18.7 Å². The third kappa shape index (κ3) is 5.10. The van der Waals surface area contributed by atoms with Crippen LogP contribution in [0.15, 0.2) is 75.6 Å². The van der Waals surface area contributed by atoms with Gasteiger partial charge in [0.15, 0.2) is 5.76 Å². The Morgan fingerprint density at radius 3 is 2.62 bits per heavy atom. The van der Waals surface area contributed by atoms with Crippen LogP contribution >= 0.6 is 0 Å². The van der Waals surface area contributed by atoms with Gasteiger partial charge in [-0.3, -0.25) is 0 Å². The number of ether oxygens (including phenoxy) is 1. The van der Waals surface area contributed by atoms with E-state index in [0.29, 0.717) is 47.8 Å². The number of hydrogen-bond donors (Lipinski definition) is 1. The molecule has 3 aromatic carbocycles. The summed E-state index contributed by atoms with van der Waals surface area (Å²) in [4.78, 5) is 2.34. The van der Waals surface area contributed by atoms with Crippen molar-refractivity contribution in [1.29, 1.82) is 0 Å². The normalized spacial score (nSPS) is 15.9. The summed E-state index contributed by atoms with van der Waals surface area (Å²) >= 11 is 0. The highest BCUT2D eigenvalue weighted by Crippen LogP contribution is 2.33. The largest absolute Gasteiger partial charge is 0.490 e. The molecule has 1 unspecified atom stereocenters. The lowest BCUT2D eigenvalue weighted by Crippen LogP contribution is -2.40. The van der Waals surface area contributed by atoms with E-state index >= 15 is 0 Å². The molecule has 37 heavy (non-hydrogen) atoms. The van der Waals surface area contributed by atoms with Crippen molar-refractivity contribution in [2.45, 2.75) is 38.2 Å². The Hall–Kier alpha value is -3.68. The first-order chi connectivity index (χ1) is 18.2. The Balaban J connectivity index is 1.04. The number of aryl methyl sites for hydroxylation is 1.